The van der Waals surface area contributed by atoms with Crippen molar-refractivity contribution in [2.24, 2.45) is 0 Å². The van der Waals surface area contributed by atoms with Gasteiger partial charge in [-0.15, -0.1) is 0 Å². The average molecular weight is 450 g/mol. The molecule has 0 radical (unpaired) electrons. The van der Waals surface area contributed by atoms with E-state index < -0.39 is 5.91 Å². The Bertz CT molecular complexity index is 967. The number of carbonyl (C=O) groups is 3. The average Bonchev–Trinajstić information content (AvgIpc) is 2.98. The predicted octanol–water partition coefficient (Wildman–Crippen LogP) is 4.17. The van der Waals surface area contributed by atoms with Crippen LogP contribution in [0.1, 0.15) is 17.5 Å². The summed E-state index contributed by atoms with van der Waals surface area (Å²) >= 11 is 13.0. The van der Waals surface area contributed by atoms with Gasteiger partial charge < -0.3 is 5.32 Å². The Labute approximate surface area is 182 Å². The lowest BCUT2D eigenvalue weighted by atomic mass is 10.1. The first-order valence-corrected chi connectivity index (χ1v) is 10.4. The molecule has 3 rings (SSSR count). The van der Waals surface area contributed by atoms with E-state index in [0.29, 0.717) is 28.5 Å². The second-order valence-electron chi connectivity index (χ2n) is 6.19. The van der Waals surface area contributed by atoms with Gasteiger partial charge in [0.25, 0.3) is 11.1 Å². The molecule has 0 bridgehead atoms. The van der Waals surface area contributed by atoms with Crippen LogP contribution in [0.2, 0.25) is 10.0 Å². The maximum atomic E-state index is 12.5. The molecule has 9 heteroatoms. The van der Waals surface area contributed by atoms with E-state index >= 15 is 0 Å². The van der Waals surface area contributed by atoms with Crippen molar-refractivity contribution in [3.05, 3.63) is 68.8 Å². The van der Waals surface area contributed by atoms with Gasteiger partial charge in [-0.05, 0) is 47.5 Å². The molecule has 2 heterocycles. The molecule has 1 aromatic carbocycles. The molecule has 0 atom stereocenters. The van der Waals surface area contributed by atoms with E-state index in [0.717, 1.165) is 22.2 Å². The van der Waals surface area contributed by atoms with Crippen molar-refractivity contribution < 1.29 is 14.4 Å². The number of hydrogen-bond donors (Lipinski definition) is 1. The van der Waals surface area contributed by atoms with E-state index in [2.05, 4.69) is 10.3 Å². The van der Waals surface area contributed by atoms with E-state index in [1.165, 1.54) is 0 Å². The van der Waals surface area contributed by atoms with Gasteiger partial charge in [0.15, 0.2) is 0 Å². The van der Waals surface area contributed by atoms with Gasteiger partial charge in [-0.3, -0.25) is 24.3 Å². The Morgan fingerprint density at radius 3 is 2.79 bits per heavy atom. The maximum absolute atomic E-state index is 12.5. The SMILES string of the molecule is O=C(CCc1cccnc1)NCCN1C(=O)S/C(=C\c2cccc(Cl)c2Cl)C1=O. The van der Waals surface area contributed by atoms with Crippen molar-refractivity contribution >= 4 is 58.1 Å². The molecule has 1 fully saturated rings. The zero-order valence-corrected chi connectivity index (χ0v) is 17.6. The number of carbonyl (C=O) groups excluding carboxylic acids is 3. The molecule has 150 valence electrons. The van der Waals surface area contributed by atoms with Crippen molar-refractivity contribution in [3.63, 3.8) is 0 Å². The molecule has 1 aliphatic heterocycles. The first-order chi connectivity index (χ1) is 14.0. The lowest BCUT2D eigenvalue weighted by molar-refractivity contribution is -0.124. The topological polar surface area (TPSA) is 79.4 Å². The lowest BCUT2D eigenvalue weighted by Gasteiger charge is -2.13. The van der Waals surface area contributed by atoms with Crippen LogP contribution in [0.25, 0.3) is 6.08 Å². The summed E-state index contributed by atoms with van der Waals surface area (Å²) in [6, 6.07) is 8.79. The molecule has 1 saturated heterocycles. The Hall–Kier alpha value is -2.35. The fourth-order valence-corrected chi connectivity index (χ4v) is 3.88. The summed E-state index contributed by atoms with van der Waals surface area (Å²) in [7, 11) is 0. The van der Waals surface area contributed by atoms with Gasteiger partial charge >= 0.3 is 0 Å². The summed E-state index contributed by atoms with van der Waals surface area (Å²) in [4.78, 5) is 42.0. The molecule has 2 aromatic rings. The summed E-state index contributed by atoms with van der Waals surface area (Å²) in [5, 5.41) is 3.03. The van der Waals surface area contributed by atoms with Crippen molar-refractivity contribution in [1.82, 2.24) is 15.2 Å². The van der Waals surface area contributed by atoms with Gasteiger partial charge in [-0.1, -0.05) is 41.4 Å². The highest BCUT2D eigenvalue weighted by molar-refractivity contribution is 8.18. The highest BCUT2D eigenvalue weighted by Gasteiger charge is 2.34. The lowest BCUT2D eigenvalue weighted by Crippen LogP contribution is -2.37. The number of benzene rings is 1. The molecular formula is C20H17Cl2N3O3S. The second-order valence-corrected chi connectivity index (χ2v) is 7.97. The number of aromatic nitrogens is 1. The summed E-state index contributed by atoms with van der Waals surface area (Å²) in [6.45, 7) is 0.291. The van der Waals surface area contributed by atoms with Crippen LogP contribution in [0.4, 0.5) is 4.79 Å². The van der Waals surface area contributed by atoms with Crippen molar-refractivity contribution in [2.45, 2.75) is 12.8 Å². The summed E-state index contributed by atoms with van der Waals surface area (Å²) < 4.78 is 0. The fraction of sp³-hybridized carbons (Fsp3) is 0.200. The van der Waals surface area contributed by atoms with Crippen LogP contribution in [0.15, 0.2) is 47.6 Å². The Balaban J connectivity index is 1.52. The summed E-state index contributed by atoms with van der Waals surface area (Å²) in [6.07, 6.45) is 5.82. The van der Waals surface area contributed by atoms with E-state index in [4.69, 9.17) is 23.2 Å². The zero-order valence-electron chi connectivity index (χ0n) is 15.2. The van der Waals surface area contributed by atoms with Gasteiger partial charge in [0, 0.05) is 31.9 Å². The molecule has 0 unspecified atom stereocenters. The largest absolute Gasteiger partial charge is 0.354 e. The fourth-order valence-electron chi connectivity index (χ4n) is 2.67. The maximum Gasteiger partial charge on any atom is 0.293 e. The minimum Gasteiger partial charge on any atom is -0.354 e. The monoisotopic (exact) mass is 449 g/mol. The Morgan fingerprint density at radius 2 is 2.03 bits per heavy atom. The number of hydrogen-bond acceptors (Lipinski definition) is 5. The normalized spacial score (nSPS) is 15.2. The van der Waals surface area contributed by atoms with Crippen LogP contribution in [0, 0.1) is 0 Å². The van der Waals surface area contributed by atoms with Crippen LogP contribution in [0.3, 0.4) is 0 Å². The number of thioether (sulfide) groups is 1. The highest BCUT2D eigenvalue weighted by atomic mass is 35.5. The molecular weight excluding hydrogens is 433 g/mol. The Morgan fingerprint density at radius 1 is 1.21 bits per heavy atom. The van der Waals surface area contributed by atoms with Crippen molar-refractivity contribution in [1.29, 1.82) is 0 Å². The van der Waals surface area contributed by atoms with E-state index in [9.17, 15) is 14.4 Å². The molecule has 29 heavy (non-hydrogen) atoms. The molecule has 1 N–H and O–H groups in total. The van der Waals surface area contributed by atoms with E-state index in [1.807, 2.05) is 12.1 Å². The number of nitrogens with zero attached hydrogens (tertiary/aromatic N) is 2. The third-order valence-electron chi connectivity index (χ3n) is 4.16. The molecule has 3 amide bonds. The van der Waals surface area contributed by atoms with Gasteiger partial charge in [0.2, 0.25) is 5.91 Å². The number of halogens is 2. The quantitative estimate of drug-likeness (QED) is 0.641. The third kappa shape index (κ3) is 5.59. The Kier molecular flexibility index (Phi) is 7.30. The number of rotatable bonds is 7. The van der Waals surface area contributed by atoms with Crippen LogP contribution in [-0.4, -0.2) is 40.0 Å². The number of nitrogens with one attached hydrogen (secondary N) is 1. The first kappa shape index (κ1) is 21.4. The van der Waals surface area contributed by atoms with Crippen LogP contribution >= 0.6 is 35.0 Å². The number of aryl methyl sites for hydroxylation is 1. The minimum absolute atomic E-state index is 0.101. The minimum atomic E-state index is -0.416. The molecule has 0 saturated carbocycles. The van der Waals surface area contributed by atoms with Gasteiger partial charge in [-0.25, -0.2) is 0 Å². The van der Waals surface area contributed by atoms with E-state index in [1.54, 1.807) is 36.7 Å². The molecule has 6 nitrogen and oxygen atoms in total. The summed E-state index contributed by atoms with van der Waals surface area (Å²) in [5.41, 5.74) is 1.53. The molecule has 1 aromatic heterocycles. The standard InChI is InChI=1S/C20H17Cl2N3O3S/c21-15-5-1-4-14(18(15)22)11-16-19(27)25(20(28)29-16)10-9-24-17(26)7-6-13-3-2-8-23-12-13/h1-5,8,11-12H,6-7,9-10H2,(H,24,26)/b16-11-. The van der Waals surface area contributed by atoms with Crippen molar-refractivity contribution in [3.8, 4) is 0 Å². The van der Waals surface area contributed by atoms with Crippen LogP contribution in [0.5, 0.6) is 0 Å². The highest BCUT2D eigenvalue weighted by Crippen LogP contribution is 2.34. The van der Waals surface area contributed by atoms with Crippen molar-refractivity contribution in [2.75, 3.05) is 13.1 Å². The number of imide groups is 1. The third-order valence-corrected chi connectivity index (χ3v) is 5.90. The smallest absolute Gasteiger partial charge is 0.293 e. The predicted molar refractivity (Wildman–Crippen MR) is 115 cm³/mol. The van der Waals surface area contributed by atoms with Gasteiger partial charge in [0.05, 0.1) is 15.0 Å². The second kappa shape index (κ2) is 9.91. The number of amides is 3. The van der Waals surface area contributed by atoms with Gasteiger partial charge in [-0.2, -0.15) is 0 Å². The molecule has 0 aliphatic carbocycles. The summed E-state index contributed by atoms with van der Waals surface area (Å²) in [5.74, 6) is -0.567. The van der Waals surface area contributed by atoms with E-state index in [-0.39, 0.29) is 29.1 Å². The molecule has 0 spiro atoms. The van der Waals surface area contributed by atoms with Crippen LogP contribution < -0.4 is 5.32 Å². The van der Waals surface area contributed by atoms with Gasteiger partial charge in [0.1, 0.15) is 0 Å². The van der Waals surface area contributed by atoms with Crippen LogP contribution in [-0.2, 0) is 16.0 Å². The zero-order chi connectivity index (χ0) is 20.8. The number of pyridine rings is 1. The first-order valence-electron chi connectivity index (χ1n) is 8.80. The molecule has 1 aliphatic rings.